The maximum atomic E-state index is 11.7. The van der Waals surface area contributed by atoms with Gasteiger partial charge in [-0.2, -0.15) is 0 Å². The number of carbonyl (C=O) groups is 1. The van der Waals surface area contributed by atoms with Crippen molar-refractivity contribution in [3.8, 4) is 0 Å². The summed E-state index contributed by atoms with van der Waals surface area (Å²) in [4.78, 5) is 11.7. The quantitative estimate of drug-likeness (QED) is 0.626. The van der Waals surface area contributed by atoms with Crippen molar-refractivity contribution in [1.29, 1.82) is 0 Å². The van der Waals surface area contributed by atoms with Gasteiger partial charge in [0.25, 0.3) is 0 Å². The van der Waals surface area contributed by atoms with Gasteiger partial charge in [0.15, 0.2) is 0 Å². The lowest BCUT2D eigenvalue weighted by atomic mass is 10.2. The summed E-state index contributed by atoms with van der Waals surface area (Å²) in [5.74, 6) is 0.524. The Labute approximate surface area is 122 Å². The molecule has 0 spiro atoms. The molecule has 0 aliphatic heterocycles. The van der Waals surface area contributed by atoms with E-state index in [-0.39, 0.29) is 12.3 Å². The molecule has 1 aliphatic rings. The molecule has 1 aromatic carbocycles. The maximum Gasteiger partial charge on any atom is 0.226 e. The van der Waals surface area contributed by atoms with Crippen molar-refractivity contribution in [2.45, 2.75) is 19.3 Å². The summed E-state index contributed by atoms with van der Waals surface area (Å²) in [7, 11) is 0. The molecule has 1 fully saturated rings. The van der Waals surface area contributed by atoms with Gasteiger partial charge in [-0.05, 0) is 30.9 Å². The highest BCUT2D eigenvalue weighted by atomic mass is 35.5. The van der Waals surface area contributed by atoms with E-state index in [9.17, 15) is 4.79 Å². The predicted molar refractivity (Wildman–Crippen MR) is 77.7 cm³/mol. The molecule has 0 bridgehead atoms. The fourth-order valence-corrected chi connectivity index (χ4v) is 2.18. The number of rotatable bonds is 6. The summed E-state index contributed by atoms with van der Waals surface area (Å²) in [5, 5.41) is 3.44. The Balaban J connectivity index is 1.80. The van der Waals surface area contributed by atoms with Crippen LogP contribution in [0.1, 0.15) is 19.3 Å². The first-order valence-corrected chi connectivity index (χ1v) is 6.94. The van der Waals surface area contributed by atoms with Crippen LogP contribution in [-0.4, -0.2) is 19.1 Å². The molecule has 1 amide bonds. The Bertz CT molecular complexity index is 453. The number of nitrogens with one attached hydrogen (secondary N) is 1. The van der Waals surface area contributed by atoms with Crippen molar-refractivity contribution in [3.63, 3.8) is 0 Å². The third-order valence-corrected chi connectivity index (χ3v) is 3.39. The molecule has 2 rings (SSSR count). The van der Waals surface area contributed by atoms with Crippen molar-refractivity contribution in [3.05, 3.63) is 22.2 Å². The number of hydrogen-bond acceptors (Lipinski definition) is 3. The van der Waals surface area contributed by atoms with Gasteiger partial charge in [-0.15, -0.1) is 0 Å². The van der Waals surface area contributed by atoms with Crippen LogP contribution in [0.15, 0.2) is 12.1 Å². The van der Waals surface area contributed by atoms with Gasteiger partial charge in [0.1, 0.15) is 0 Å². The number of nitrogens with two attached hydrogens (primary N) is 1. The maximum absolute atomic E-state index is 11.7. The Morgan fingerprint density at radius 1 is 1.42 bits per heavy atom. The van der Waals surface area contributed by atoms with Crippen LogP contribution in [0.4, 0.5) is 11.4 Å². The molecule has 0 unspecified atom stereocenters. The Kier molecular flexibility index (Phi) is 4.91. The topological polar surface area (TPSA) is 64.3 Å². The minimum Gasteiger partial charge on any atom is -0.397 e. The number of benzene rings is 1. The van der Waals surface area contributed by atoms with Crippen LogP contribution in [0.25, 0.3) is 0 Å². The molecule has 0 heterocycles. The number of anilines is 2. The average molecular weight is 303 g/mol. The summed E-state index contributed by atoms with van der Waals surface area (Å²) < 4.78 is 5.40. The van der Waals surface area contributed by atoms with Gasteiger partial charge in [-0.1, -0.05) is 23.2 Å². The van der Waals surface area contributed by atoms with E-state index in [0.717, 1.165) is 6.61 Å². The molecule has 6 heteroatoms. The molecule has 0 atom stereocenters. The zero-order valence-corrected chi connectivity index (χ0v) is 11.9. The summed E-state index contributed by atoms with van der Waals surface area (Å²) in [6, 6.07) is 3.09. The van der Waals surface area contributed by atoms with Crippen molar-refractivity contribution < 1.29 is 9.53 Å². The van der Waals surface area contributed by atoms with Crippen molar-refractivity contribution in [2.24, 2.45) is 5.92 Å². The molecule has 0 radical (unpaired) electrons. The minimum absolute atomic E-state index is 0.174. The first-order valence-electron chi connectivity index (χ1n) is 6.18. The summed E-state index contributed by atoms with van der Waals surface area (Å²) in [5.41, 5.74) is 6.51. The molecular formula is C13H16Cl2N2O2. The van der Waals surface area contributed by atoms with Crippen molar-refractivity contribution >= 4 is 40.5 Å². The SMILES string of the molecule is Nc1cc(Cl)cc(Cl)c1NC(=O)CCOCC1CC1. The number of nitrogen functional groups attached to an aromatic ring is 1. The highest BCUT2D eigenvalue weighted by molar-refractivity contribution is 6.37. The first kappa shape index (κ1) is 14.4. The van der Waals surface area contributed by atoms with E-state index >= 15 is 0 Å². The standard InChI is InChI=1S/C13H16Cl2N2O2/c14-9-5-10(15)13(11(16)6-9)17-12(18)3-4-19-7-8-1-2-8/h5-6,8H,1-4,7,16H2,(H,17,18). The van der Waals surface area contributed by atoms with Crippen LogP contribution < -0.4 is 11.1 Å². The van der Waals surface area contributed by atoms with Crippen molar-refractivity contribution in [2.75, 3.05) is 24.3 Å². The molecular weight excluding hydrogens is 287 g/mol. The van der Waals surface area contributed by atoms with Gasteiger partial charge in [-0.3, -0.25) is 4.79 Å². The van der Waals surface area contributed by atoms with Gasteiger partial charge in [-0.25, -0.2) is 0 Å². The van der Waals surface area contributed by atoms with Crippen LogP contribution in [0, 0.1) is 5.92 Å². The summed E-state index contributed by atoms with van der Waals surface area (Å²) >= 11 is 11.8. The third-order valence-electron chi connectivity index (χ3n) is 2.87. The monoisotopic (exact) mass is 302 g/mol. The van der Waals surface area contributed by atoms with E-state index in [1.54, 1.807) is 12.1 Å². The van der Waals surface area contributed by atoms with E-state index in [2.05, 4.69) is 5.32 Å². The zero-order valence-electron chi connectivity index (χ0n) is 10.4. The van der Waals surface area contributed by atoms with E-state index in [1.165, 1.54) is 12.8 Å². The molecule has 19 heavy (non-hydrogen) atoms. The van der Waals surface area contributed by atoms with E-state index in [0.29, 0.717) is 33.9 Å². The average Bonchev–Trinajstić information content (AvgIpc) is 3.13. The van der Waals surface area contributed by atoms with Crippen LogP contribution in [-0.2, 0) is 9.53 Å². The predicted octanol–water partition coefficient (Wildman–Crippen LogP) is 3.33. The zero-order chi connectivity index (χ0) is 13.8. The Morgan fingerprint density at radius 2 is 2.16 bits per heavy atom. The molecule has 0 aromatic heterocycles. The number of halogens is 2. The minimum atomic E-state index is -0.174. The Hall–Kier alpha value is -0.970. The lowest BCUT2D eigenvalue weighted by molar-refractivity contribution is -0.117. The number of hydrogen-bond donors (Lipinski definition) is 2. The summed E-state index contributed by atoms with van der Waals surface area (Å²) in [6.07, 6.45) is 2.76. The van der Waals surface area contributed by atoms with Crippen molar-refractivity contribution in [1.82, 2.24) is 0 Å². The van der Waals surface area contributed by atoms with Crippen LogP contribution in [0.2, 0.25) is 10.0 Å². The molecule has 1 saturated carbocycles. The fraction of sp³-hybridized carbons (Fsp3) is 0.462. The van der Waals surface area contributed by atoms with Crippen LogP contribution in [0.3, 0.4) is 0 Å². The normalized spacial score (nSPS) is 14.4. The second-order valence-electron chi connectivity index (χ2n) is 4.67. The molecule has 1 aliphatic carbocycles. The highest BCUT2D eigenvalue weighted by Crippen LogP contribution is 2.32. The van der Waals surface area contributed by atoms with Gasteiger partial charge >= 0.3 is 0 Å². The molecule has 4 nitrogen and oxygen atoms in total. The Morgan fingerprint density at radius 3 is 2.79 bits per heavy atom. The van der Waals surface area contributed by atoms with Crippen LogP contribution in [0.5, 0.6) is 0 Å². The smallest absolute Gasteiger partial charge is 0.226 e. The second-order valence-corrected chi connectivity index (χ2v) is 5.51. The molecule has 3 N–H and O–H groups in total. The number of amides is 1. The van der Waals surface area contributed by atoms with Gasteiger partial charge in [0, 0.05) is 11.6 Å². The highest BCUT2D eigenvalue weighted by Gasteiger charge is 2.21. The second kappa shape index (κ2) is 6.46. The van der Waals surface area contributed by atoms with E-state index < -0.39 is 0 Å². The summed E-state index contributed by atoms with van der Waals surface area (Å²) in [6.45, 7) is 1.16. The largest absolute Gasteiger partial charge is 0.397 e. The van der Waals surface area contributed by atoms with Gasteiger partial charge in [0.05, 0.1) is 29.4 Å². The first-order chi connectivity index (χ1) is 9.06. The van der Waals surface area contributed by atoms with Gasteiger partial charge < -0.3 is 15.8 Å². The number of ether oxygens (including phenoxy) is 1. The lowest BCUT2D eigenvalue weighted by Gasteiger charge is -2.10. The number of carbonyl (C=O) groups excluding carboxylic acids is 1. The van der Waals surface area contributed by atoms with Gasteiger partial charge in [0.2, 0.25) is 5.91 Å². The van der Waals surface area contributed by atoms with E-state index in [4.69, 9.17) is 33.7 Å². The van der Waals surface area contributed by atoms with Crippen LogP contribution >= 0.6 is 23.2 Å². The molecule has 1 aromatic rings. The lowest BCUT2D eigenvalue weighted by Crippen LogP contribution is -2.16. The molecule has 104 valence electrons. The fourth-order valence-electron chi connectivity index (χ4n) is 1.63. The molecule has 0 saturated heterocycles. The third kappa shape index (κ3) is 4.56. The van der Waals surface area contributed by atoms with E-state index in [1.807, 2.05) is 0 Å².